The number of alkyl halides is 3. The van der Waals surface area contributed by atoms with Crippen LogP contribution in [0.25, 0.3) is 0 Å². The summed E-state index contributed by atoms with van der Waals surface area (Å²) in [6, 6.07) is 17.0. The number of anilines is 3. The number of benzene rings is 3. The normalized spacial score (nSPS) is 13.3. The Balaban J connectivity index is 1.57. The molecule has 3 aromatic rings. The predicted molar refractivity (Wildman–Crippen MR) is 113 cm³/mol. The fourth-order valence-electron chi connectivity index (χ4n) is 2.86. The SMILES string of the molecule is C/C(=N\Nc1cc(C(F)(F)F)ccc1Cl)c1ccc2c(c1)Nc1ccccc1S2. The third-order valence-corrected chi connectivity index (χ3v) is 5.89. The first kappa shape index (κ1) is 19.7. The maximum absolute atomic E-state index is 12.9. The lowest BCUT2D eigenvalue weighted by molar-refractivity contribution is -0.137. The van der Waals surface area contributed by atoms with Crippen LogP contribution in [-0.4, -0.2) is 5.71 Å². The van der Waals surface area contributed by atoms with Gasteiger partial charge in [-0.25, -0.2) is 0 Å². The number of nitrogens with one attached hydrogen (secondary N) is 2. The lowest BCUT2D eigenvalue weighted by atomic mass is 10.1. The van der Waals surface area contributed by atoms with Crippen LogP contribution in [0, 0.1) is 0 Å². The Morgan fingerprint density at radius 3 is 2.55 bits per heavy atom. The third kappa shape index (κ3) is 4.21. The molecular formula is C21H15ClF3N3S. The summed E-state index contributed by atoms with van der Waals surface area (Å²) in [5.74, 6) is 0. The molecule has 0 atom stereocenters. The zero-order valence-electron chi connectivity index (χ0n) is 15.1. The molecule has 29 heavy (non-hydrogen) atoms. The van der Waals surface area contributed by atoms with E-state index in [-0.39, 0.29) is 10.7 Å². The average molecular weight is 434 g/mol. The predicted octanol–water partition coefficient (Wildman–Crippen LogP) is 7.40. The maximum atomic E-state index is 12.9. The van der Waals surface area contributed by atoms with Crippen molar-refractivity contribution in [2.24, 2.45) is 5.10 Å². The fourth-order valence-corrected chi connectivity index (χ4v) is 3.99. The summed E-state index contributed by atoms with van der Waals surface area (Å²) in [6.45, 7) is 1.78. The second-order valence-electron chi connectivity index (χ2n) is 6.44. The van der Waals surface area contributed by atoms with Gasteiger partial charge in [0, 0.05) is 9.79 Å². The lowest BCUT2D eigenvalue weighted by Gasteiger charge is -2.21. The van der Waals surface area contributed by atoms with Crippen molar-refractivity contribution >= 4 is 46.1 Å². The second kappa shape index (κ2) is 7.65. The van der Waals surface area contributed by atoms with E-state index in [1.807, 2.05) is 36.4 Å². The molecule has 3 aromatic carbocycles. The number of para-hydroxylation sites is 1. The molecule has 3 nitrogen and oxygen atoms in total. The van der Waals surface area contributed by atoms with E-state index in [2.05, 4.69) is 21.9 Å². The van der Waals surface area contributed by atoms with E-state index < -0.39 is 11.7 Å². The van der Waals surface area contributed by atoms with E-state index >= 15 is 0 Å². The van der Waals surface area contributed by atoms with Gasteiger partial charge in [-0.05, 0) is 55.0 Å². The van der Waals surface area contributed by atoms with Gasteiger partial charge < -0.3 is 5.32 Å². The fraction of sp³-hybridized carbons (Fsp3) is 0.0952. The average Bonchev–Trinajstić information content (AvgIpc) is 2.70. The number of rotatable bonds is 3. The van der Waals surface area contributed by atoms with Crippen LogP contribution in [-0.2, 0) is 6.18 Å². The maximum Gasteiger partial charge on any atom is 0.416 e. The highest BCUT2D eigenvalue weighted by Gasteiger charge is 2.31. The van der Waals surface area contributed by atoms with Crippen LogP contribution >= 0.6 is 23.4 Å². The zero-order chi connectivity index (χ0) is 20.6. The van der Waals surface area contributed by atoms with Gasteiger partial charge in [-0.15, -0.1) is 0 Å². The van der Waals surface area contributed by atoms with E-state index in [4.69, 9.17) is 11.6 Å². The van der Waals surface area contributed by atoms with Crippen molar-refractivity contribution in [3.05, 3.63) is 76.8 Å². The number of fused-ring (bicyclic) bond motifs is 2. The molecule has 0 aromatic heterocycles. The molecule has 1 aliphatic rings. The summed E-state index contributed by atoms with van der Waals surface area (Å²) in [7, 11) is 0. The first-order valence-corrected chi connectivity index (χ1v) is 9.86. The monoisotopic (exact) mass is 433 g/mol. The topological polar surface area (TPSA) is 36.4 Å². The van der Waals surface area contributed by atoms with Gasteiger partial charge in [0.1, 0.15) is 0 Å². The first-order chi connectivity index (χ1) is 13.8. The molecule has 1 aliphatic heterocycles. The van der Waals surface area contributed by atoms with Crippen molar-refractivity contribution in [3.8, 4) is 0 Å². The van der Waals surface area contributed by atoms with Crippen LogP contribution in [0.4, 0.5) is 30.2 Å². The summed E-state index contributed by atoms with van der Waals surface area (Å²) in [5.41, 5.74) is 5.41. The summed E-state index contributed by atoms with van der Waals surface area (Å²) in [5, 5.41) is 7.78. The molecule has 0 spiro atoms. The summed E-state index contributed by atoms with van der Waals surface area (Å²) in [6.07, 6.45) is -4.45. The number of hydrogen-bond acceptors (Lipinski definition) is 4. The first-order valence-electron chi connectivity index (χ1n) is 8.66. The number of hydrazone groups is 1. The van der Waals surface area contributed by atoms with E-state index in [1.165, 1.54) is 6.07 Å². The molecule has 8 heteroatoms. The van der Waals surface area contributed by atoms with Gasteiger partial charge in [0.2, 0.25) is 0 Å². The van der Waals surface area contributed by atoms with Crippen molar-refractivity contribution < 1.29 is 13.2 Å². The number of hydrogen-bond donors (Lipinski definition) is 2. The van der Waals surface area contributed by atoms with Crippen LogP contribution < -0.4 is 10.7 Å². The van der Waals surface area contributed by atoms with Gasteiger partial charge in [0.05, 0.1) is 33.4 Å². The smallest absolute Gasteiger partial charge is 0.354 e. The van der Waals surface area contributed by atoms with Gasteiger partial charge >= 0.3 is 6.18 Å². The summed E-state index contributed by atoms with van der Waals surface area (Å²) in [4.78, 5) is 2.24. The Kier molecular flexibility index (Phi) is 5.19. The summed E-state index contributed by atoms with van der Waals surface area (Å²) < 4.78 is 38.7. The molecule has 0 unspecified atom stereocenters. The van der Waals surface area contributed by atoms with E-state index in [9.17, 15) is 13.2 Å². The van der Waals surface area contributed by atoms with Crippen molar-refractivity contribution in [2.75, 3.05) is 10.7 Å². The van der Waals surface area contributed by atoms with Crippen LogP contribution in [0.15, 0.2) is 75.6 Å². The molecule has 0 aliphatic carbocycles. The van der Waals surface area contributed by atoms with E-state index in [0.29, 0.717) is 5.71 Å². The highest BCUT2D eigenvalue weighted by Crippen LogP contribution is 2.44. The molecule has 0 saturated heterocycles. The standard InChI is InChI=1S/C21H15ClF3N3S/c1-12(27-28-17-11-14(21(23,24)25)7-8-15(17)22)13-6-9-20-18(10-13)26-16-4-2-3-5-19(16)29-20/h2-11,26,28H,1H3/b27-12+. The van der Waals surface area contributed by atoms with Crippen LogP contribution in [0.5, 0.6) is 0 Å². The van der Waals surface area contributed by atoms with Gasteiger partial charge in [0.25, 0.3) is 0 Å². The van der Waals surface area contributed by atoms with Gasteiger partial charge in [0.15, 0.2) is 0 Å². The molecular weight excluding hydrogens is 419 g/mol. The molecule has 0 fully saturated rings. The Bertz CT molecular complexity index is 1110. The zero-order valence-corrected chi connectivity index (χ0v) is 16.7. The number of halogens is 4. The molecule has 148 valence electrons. The largest absolute Gasteiger partial charge is 0.416 e. The summed E-state index contributed by atoms with van der Waals surface area (Å²) >= 11 is 7.68. The minimum absolute atomic E-state index is 0.0985. The lowest BCUT2D eigenvalue weighted by Crippen LogP contribution is -2.06. The molecule has 0 radical (unpaired) electrons. The highest BCUT2D eigenvalue weighted by molar-refractivity contribution is 7.99. The molecule has 1 heterocycles. The Labute approximate surface area is 175 Å². The van der Waals surface area contributed by atoms with E-state index in [0.717, 1.165) is 38.9 Å². The van der Waals surface area contributed by atoms with Gasteiger partial charge in [-0.3, -0.25) is 5.43 Å². The van der Waals surface area contributed by atoms with Crippen LogP contribution in [0.3, 0.4) is 0 Å². The molecule has 0 amide bonds. The molecule has 4 rings (SSSR count). The molecule has 0 bridgehead atoms. The van der Waals surface area contributed by atoms with Gasteiger partial charge in [-0.1, -0.05) is 41.6 Å². The number of nitrogens with zero attached hydrogens (tertiary/aromatic N) is 1. The third-order valence-electron chi connectivity index (χ3n) is 4.41. The van der Waals surface area contributed by atoms with Crippen molar-refractivity contribution in [2.45, 2.75) is 22.9 Å². The highest BCUT2D eigenvalue weighted by atomic mass is 35.5. The Hall–Kier alpha value is -2.64. The van der Waals surface area contributed by atoms with Crippen LogP contribution in [0.2, 0.25) is 5.02 Å². The van der Waals surface area contributed by atoms with Crippen molar-refractivity contribution in [1.29, 1.82) is 0 Å². The Morgan fingerprint density at radius 1 is 1.00 bits per heavy atom. The molecule has 2 N–H and O–H groups in total. The quantitative estimate of drug-likeness (QED) is 0.261. The Morgan fingerprint density at radius 2 is 1.76 bits per heavy atom. The van der Waals surface area contributed by atoms with Crippen molar-refractivity contribution in [3.63, 3.8) is 0 Å². The minimum Gasteiger partial charge on any atom is -0.354 e. The van der Waals surface area contributed by atoms with Gasteiger partial charge in [-0.2, -0.15) is 18.3 Å². The van der Waals surface area contributed by atoms with Crippen LogP contribution in [0.1, 0.15) is 18.1 Å². The molecule has 0 saturated carbocycles. The van der Waals surface area contributed by atoms with E-state index in [1.54, 1.807) is 18.7 Å². The minimum atomic E-state index is -4.45. The second-order valence-corrected chi connectivity index (χ2v) is 7.93. The van der Waals surface area contributed by atoms with Crippen molar-refractivity contribution in [1.82, 2.24) is 0 Å².